The first-order valence-electron chi connectivity index (χ1n) is 23.8. The third-order valence-electron chi connectivity index (χ3n) is 9.23. The van der Waals surface area contributed by atoms with Gasteiger partial charge in [-0.25, -0.2) is 0 Å². The molecule has 0 aliphatic heterocycles. The highest BCUT2D eigenvalue weighted by atomic mass is 16.6. The van der Waals surface area contributed by atoms with Crippen molar-refractivity contribution < 1.29 is 28.6 Å². The van der Waals surface area contributed by atoms with Gasteiger partial charge in [-0.15, -0.1) is 0 Å². The van der Waals surface area contributed by atoms with E-state index in [1.807, 2.05) is 36.5 Å². The van der Waals surface area contributed by atoms with E-state index in [4.69, 9.17) is 14.2 Å². The van der Waals surface area contributed by atoms with E-state index in [0.29, 0.717) is 19.3 Å². The molecule has 0 aromatic heterocycles. The third-order valence-corrected chi connectivity index (χ3v) is 9.23. The van der Waals surface area contributed by atoms with Crippen molar-refractivity contribution in [3.8, 4) is 0 Å². The van der Waals surface area contributed by atoms with Crippen LogP contribution in [0.25, 0.3) is 0 Å². The Morgan fingerprint density at radius 1 is 0.361 bits per heavy atom. The zero-order valence-corrected chi connectivity index (χ0v) is 38.6. The van der Waals surface area contributed by atoms with E-state index in [2.05, 4.69) is 118 Å². The van der Waals surface area contributed by atoms with Crippen molar-refractivity contribution in [1.29, 1.82) is 0 Å². The van der Waals surface area contributed by atoms with Crippen molar-refractivity contribution in [3.63, 3.8) is 0 Å². The van der Waals surface area contributed by atoms with Gasteiger partial charge in [0.15, 0.2) is 6.10 Å². The summed E-state index contributed by atoms with van der Waals surface area (Å²) in [6.07, 6.45) is 67.2. The molecular formula is C55H84O6. The van der Waals surface area contributed by atoms with Crippen LogP contribution in [-0.4, -0.2) is 37.2 Å². The smallest absolute Gasteiger partial charge is 0.306 e. The highest BCUT2D eigenvalue weighted by Crippen LogP contribution is 2.11. The van der Waals surface area contributed by atoms with Crippen LogP contribution in [0.5, 0.6) is 0 Å². The van der Waals surface area contributed by atoms with E-state index in [1.54, 1.807) is 0 Å². The minimum Gasteiger partial charge on any atom is -0.462 e. The van der Waals surface area contributed by atoms with E-state index in [1.165, 1.54) is 6.42 Å². The molecule has 0 aliphatic carbocycles. The van der Waals surface area contributed by atoms with E-state index >= 15 is 0 Å². The Labute approximate surface area is 373 Å². The SMILES string of the molecule is CC/C=C\C/C=C\C/C=C\C/C=C\CCCCCC(=O)OC(COC(=O)CCCC/C=C\C/C=C\CC)COC(=O)CCCCCCC\C=C/C=C\C=C/C=C\C=C/CCC. The molecule has 6 nitrogen and oxygen atoms in total. The van der Waals surface area contributed by atoms with Crippen LogP contribution in [0.15, 0.2) is 134 Å². The summed E-state index contributed by atoms with van der Waals surface area (Å²) in [5, 5.41) is 0. The highest BCUT2D eigenvalue weighted by Gasteiger charge is 2.19. The number of carbonyl (C=O) groups excluding carboxylic acids is 3. The lowest BCUT2D eigenvalue weighted by Gasteiger charge is -2.18. The number of hydrogen-bond donors (Lipinski definition) is 0. The second-order valence-corrected chi connectivity index (χ2v) is 15.0. The molecule has 340 valence electrons. The maximum absolute atomic E-state index is 12.7. The van der Waals surface area contributed by atoms with E-state index < -0.39 is 6.10 Å². The Balaban J connectivity index is 4.52. The van der Waals surface area contributed by atoms with Gasteiger partial charge in [0.25, 0.3) is 0 Å². The molecule has 0 rings (SSSR count). The van der Waals surface area contributed by atoms with Crippen LogP contribution >= 0.6 is 0 Å². The molecule has 1 atom stereocenters. The number of ether oxygens (including phenoxy) is 3. The molecule has 0 aliphatic rings. The van der Waals surface area contributed by atoms with Gasteiger partial charge in [-0.2, -0.15) is 0 Å². The highest BCUT2D eigenvalue weighted by molar-refractivity contribution is 5.71. The maximum atomic E-state index is 12.7. The number of rotatable bonds is 40. The van der Waals surface area contributed by atoms with Crippen LogP contribution in [0.3, 0.4) is 0 Å². The van der Waals surface area contributed by atoms with Gasteiger partial charge in [-0.1, -0.05) is 187 Å². The van der Waals surface area contributed by atoms with Crippen molar-refractivity contribution in [1.82, 2.24) is 0 Å². The average molecular weight is 841 g/mol. The molecule has 0 bridgehead atoms. The summed E-state index contributed by atoms with van der Waals surface area (Å²) in [6.45, 7) is 6.19. The van der Waals surface area contributed by atoms with Crippen molar-refractivity contribution in [2.24, 2.45) is 0 Å². The Bertz CT molecular complexity index is 1380. The molecule has 0 heterocycles. The summed E-state index contributed by atoms with van der Waals surface area (Å²) in [5.41, 5.74) is 0. The van der Waals surface area contributed by atoms with Crippen LogP contribution in [0.1, 0.15) is 175 Å². The van der Waals surface area contributed by atoms with Crippen molar-refractivity contribution in [2.45, 2.75) is 181 Å². The molecule has 0 aromatic rings. The van der Waals surface area contributed by atoms with E-state index in [9.17, 15) is 14.4 Å². The summed E-state index contributed by atoms with van der Waals surface area (Å²) in [6, 6.07) is 0. The molecule has 0 fully saturated rings. The lowest BCUT2D eigenvalue weighted by molar-refractivity contribution is -0.167. The molecule has 0 saturated heterocycles. The topological polar surface area (TPSA) is 78.9 Å². The minimum absolute atomic E-state index is 0.120. The zero-order chi connectivity index (χ0) is 44.4. The maximum Gasteiger partial charge on any atom is 0.306 e. The molecule has 0 amide bonds. The lowest BCUT2D eigenvalue weighted by atomic mass is 10.1. The van der Waals surface area contributed by atoms with Gasteiger partial charge < -0.3 is 14.2 Å². The fourth-order valence-corrected chi connectivity index (χ4v) is 5.73. The van der Waals surface area contributed by atoms with Gasteiger partial charge in [0.2, 0.25) is 0 Å². The molecule has 0 spiro atoms. The summed E-state index contributed by atoms with van der Waals surface area (Å²) < 4.78 is 16.6. The van der Waals surface area contributed by atoms with E-state index in [0.717, 1.165) is 122 Å². The standard InChI is InChI=1S/C55H84O6/c1-4-7-10-13-16-19-21-23-25-27-28-30-31-33-36-39-42-45-48-54(57)60-51-52(50-59-53(56)47-44-41-38-35-18-15-12-9-6-3)61-55(58)49-46-43-40-37-34-32-29-26-24-22-20-17-14-11-8-5-2/h8-13,16-21,23-28,30,32,34-35,52H,4-7,14-15,22,29,31,33,36-51H2,1-3H3/b11-8-,12-9-,13-10-,19-16-,20-17-,23-21-,26-24-,27-25-,30-28-,34-32-,35-18-. The van der Waals surface area contributed by atoms with Crippen molar-refractivity contribution in [3.05, 3.63) is 134 Å². The summed E-state index contributed by atoms with van der Waals surface area (Å²) in [7, 11) is 0. The Kier molecular flexibility index (Phi) is 44.7. The summed E-state index contributed by atoms with van der Waals surface area (Å²) in [4.78, 5) is 37.8. The second kappa shape index (κ2) is 48.2. The van der Waals surface area contributed by atoms with Crippen molar-refractivity contribution in [2.75, 3.05) is 13.2 Å². The van der Waals surface area contributed by atoms with Crippen LogP contribution in [0, 0.1) is 0 Å². The molecule has 0 aromatic carbocycles. The van der Waals surface area contributed by atoms with Crippen LogP contribution in [0.4, 0.5) is 0 Å². The number of esters is 3. The first kappa shape index (κ1) is 56.5. The lowest BCUT2D eigenvalue weighted by Crippen LogP contribution is -2.30. The predicted octanol–water partition coefficient (Wildman–Crippen LogP) is 15.5. The number of unbranched alkanes of at least 4 members (excludes halogenated alkanes) is 11. The fraction of sp³-hybridized carbons (Fsp3) is 0.545. The quantitative estimate of drug-likeness (QED) is 0.0201. The predicted molar refractivity (Wildman–Crippen MR) is 260 cm³/mol. The monoisotopic (exact) mass is 841 g/mol. The number of allylic oxidation sites excluding steroid dienone is 22. The normalized spacial score (nSPS) is 13.3. The van der Waals surface area contributed by atoms with Gasteiger partial charge >= 0.3 is 17.9 Å². The molecule has 6 heteroatoms. The number of hydrogen-bond acceptors (Lipinski definition) is 6. The minimum atomic E-state index is -0.822. The van der Waals surface area contributed by atoms with E-state index in [-0.39, 0.29) is 37.5 Å². The van der Waals surface area contributed by atoms with Gasteiger partial charge in [0.05, 0.1) is 0 Å². The molecule has 1 unspecified atom stereocenters. The molecular weight excluding hydrogens is 757 g/mol. The van der Waals surface area contributed by atoms with Gasteiger partial charge in [-0.3, -0.25) is 14.4 Å². The Hall–Kier alpha value is -4.45. The van der Waals surface area contributed by atoms with Gasteiger partial charge in [-0.05, 0) is 103 Å². The molecule has 0 radical (unpaired) electrons. The molecule has 61 heavy (non-hydrogen) atoms. The molecule has 0 N–H and O–H groups in total. The van der Waals surface area contributed by atoms with Crippen LogP contribution < -0.4 is 0 Å². The number of carbonyl (C=O) groups is 3. The second-order valence-electron chi connectivity index (χ2n) is 15.0. The first-order valence-corrected chi connectivity index (χ1v) is 23.8. The average Bonchev–Trinajstić information content (AvgIpc) is 3.26. The third kappa shape index (κ3) is 46.5. The van der Waals surface area contributed by atoms with Crippen LogP contribution in [0.2, 0.25) is 0 Å². The summed E-state index contributed by atoms with van der Waals surface area (Å²) >= 11 is 0. The van der Waals surface area contributed by atoms with Crippen molar-refractivity contribution >= 4 is 17.9 Å². The van der Waals surface area contributed by atoms with Crippen LogP contribution in [-0.2, 0) is 28.6 Å². The Morgan fingerprint density at radius 3 is 1.20 bits per heavy atom. The van der Waals surface area contributed by atoms with Gasteiger partial charge in [0.1, 0.15) is 13.2 Å². The molecule has 0 saturated carbocycles. The van der Waals surface area contributed by atoms with Gasteiger partial charge in [0, 0.05) is 19.3 Å². The largest absolute Gasteiger partial charge is 0.462 e. The Morgan fingerprint density at radius 2 is 0.705 bits per heavy atom. The summed E-state index contributed by atoms with van der Waals surface area (Å²) in [5.74, 6) is -1.03. The zero-order valence-electron chi connectivity index (χ0n) is 38.6. The fourth-order valence-electron chi connectivity index (χ4n) is 5.73. The first-order chi connectivity index (χ1) is 30.0.